The summed E-state index contributed by atoms with van der Waals surface area (Å²) in [5.74, 6) is 1.70. The average molecular weight is 308 g/mol. The monoisotopic (exact) mass is 308 g/mol. The predicted molar refractivity (Wildman–Crippen MR) is 91.7 cm³/mol. The van der Waals surface area contributed by atoms with Crippen molar-refractivity contribution in [2.75, 3.05) is 13.1 Å². The minimum atomic E-state index is 0.274. The Labute approximate surface area is 134 Å². The van der Waals surface area contributed by atoms with Crippen LogP contribution in [0, 0.1) is 5.41 Å². The Morgan fingerprint density at radius 2 is 2.05 bits per heavy atom. The van der Waals surface area contributed by atoms with Crippen molar-refractivity contribution >= 4 is 5.96 Å². The van der Waals surface area contributed by atoms with Crippen LogP contribution in [0.5, 0.6) is 0 Å². The maximum atomic E-state index is 4.59. The summed E-state index contributed by atoms with van der Waals surface area (Å²) >= 11 is 0. The second-order valence-electron chi connectivity index (χ2n) is 6.53. The van der Waals surface area contributed by atoms with Crippen molar-refractivity contribution in [2.45, 2.75) is 59.9 Å². The third kappa shape index (κ3) is 6.91. The largest absolute Gasteiger partial charge is 0.357 e. The molecule has 2 N–H and O–H groups in total. The van der Waals surface area contributed by atoms with Gasteiger partial charge in [-0.3, -0.25) is 0 Å². The second kappa shape index (κ2) is 9.43. The number of nitrogens with one attached hydrogen (secondary N) is 2. The van der Waals surface area contributed by atoms with E-state index in [1.54, 1.807) is 6.33 Å². The van der Waals surface area contributed by atoms with Crippen LogP contribution < -0.4 is 10.6 Å². The lowest BCUT2D eigenvalue weighted by molar-refractivity contribution is 0.318. The molecule has 0 bridgehead atoms. The van der Waals surface area contributed by atoms with Crippen molar-refractivity contribution in [3.63, 3.8) is 0 Å². The van der Waals surface area contributed by atoms with Crippen molar-refractivity contribution in [1.29, 1.82) is 0 Å². The molecule has 0 spiro atoms. The van der Waals surface area contributed by atoms with Gasteiger partial charge in [0.05, 0.1) is 0 Å². The first-order valence-corrected chi connectivity index (χ1v) is 8.33. The Kier molecular flexibility index (Phi) is 7.91. The number of nitrogens with zero attached hydrogens (tertiary/aromatic N) is 4. The molecule has 1 heterocycles. The van der Waals surface area contributed by atoms with Gasteiger partial charge in [-0.25, -0.2) is 4.99 Å². The molecule has 1 aromatic rings. The zero-order valence-electron chi connectivity index (χ0n) is 14.8. The highest BCUT2D eigenvalue weighted by molar-refractivity contribution is 5.79. The highest BCUT2D eigenvalue weighted by Gasteiger charge is 2.17. The number of rotatable bonds is 9. The summed E-state index contributed by atoms with van der Waals surface area (Å²) in [5.41, 5.74) is 0.274. The Bertz CT molecular complexity index is 449. The third-order valence-electron chi connectivity index (χ3n) is 3.72. The van der Waals surface area contributed by atoms with Gasteiger partial charge < -0.3 is 15.2 Å². The molecule has 0 fully saturated rings. The van der Waals surface area contributed by atoms with E-state index in [1.807, 2.05) is 11.6 Å². The van der Waals surface area contributed by atoms with Gasteiger partial charge in [0.2, 0.25) is 0 Å². The first kappa shape index (κ1) is 18.5. The van der Waals surface area contributed by atoms with Crippen LogP contribution in [0.2, 0.25) is 0 Å². The first-order valence-electron chi connectivity index (χ1n) is 8.33. The summed E-state index contributed by atoms with van der Waals surface area (Å²) in [7, 11) is 1.93. The lowest BCUT2D eigenvalue weighted by Gasteiger charge is -2.26. The molecule has 0 unspecified atom stereocenters. The van der Waals surface area contributed by atoms with E-state index < -0.39 is 0 Å². The Hall–Kier alpha value is -1.59. The second-order valence-corrected chi connectivity index (χ2v) is 6.53. The van der Waals surface area contributed by atoms with E-state index in [4.69, 9.17) is 0 Å². The fourth-order valence-corrected chi connectivity index (χ4v) is 2.21. The lowest BCUT2D eigenvalue weighted by atomic mass is 9.87. The van der Waals surface area contributed by atoms with Crippen molar-refractivity contribution < 1.29 is 0 Å². The van der Waals surface area contributed by atoms with E-state index in [2.05, 4.69) is 53.5 Å². The van der Waals surface area contributed by atoms with E-state index in [-0.39, 0.29) is 5.41 Å². The zero-order chi connectivity index (χ0) is 16.4. The fraction of sp³-hybridized carbons (Fsp3) is 0.812. The van der Waals surface area contributed by atoms with Gasteiger partial charge in [-0.1, -0.05) is 40.0 Å². The van der Waals surface area contributed by atoms with Gasteiger partial charge in [-0.2, -0.15) is 0 Å². The molecule has 0 atom stereocenters. The van der Waals surface area contributed by atoms with Gasteiger partial charge in [0.25, 0.3) is 0 Å². The standard InChI is InChI=1S/C16H32N6/c1-6-8-9-10-16(3,4)12-19-15(17-7-2)18-11-14-21-20-13-22(14)5/h13H,6-12H2,1-5H3,(H2,17,18,19). The summed E-state index contributed by atoms with van der Waals surface area (Å²) in [5, 5.41) is 14.7. The van der Waals surface area contributed by atoms with E-state index in [1.165, 1.54) is 25.7 Å². The third-order valence-corrected chi connectivity index (χ3v) is 3.72. The molecule has 0 saturated carbocycles. The molecule has 0 amide bonds. The molecule has 126 valence electrons. The number of hydrogen-bond acceptors (Lipinski definition) is 3. The normalized spacial score (nSPS) is 12.5. The maximum absolute atomic E-state index is 4.59. The predicted octanol–water partition coefficient (Wildman–Crippen LogP) is 2.48. The summed E-state index contributed by atoms with van der Waals surface area (Å²) in [4.78, 5) is 4.59. The summed E-state index contributed by atoms with van der Waals surface area (Å²) in [6, 6.07) is 0. The molecular formula is C16H32N6. The van der Waals surface area contributed by atoms with Crippen LogP contribution in [0.1, 0.15) is 59.2 Å². The highest BCUT2D eigenvalue weighted by Crippen LogP contribution is 2.22. The van der Waals surface area contributed by atoms with Gasteiger partial charge in [-0.15, -0.1) is 10.2 Å². The van der Waals surface area contributed by atoms with Crippen LogP contribution in [-0.4, -0.2) is 33.8 Å². The van der Waals surface area contributed by atoms with Crippen LogP contribution in [0.25, 0.3) is 0 Å². The van der Waals surface area contributed by atoms with Crippen LogP contribution in [0.3, 0.4) is 0 Å². The number of aliphatic imine (C=N–C) groups is 1. The molecule has 0 aliphatic heterocycles. The van der Waals surface area contributed by atoms with Crippen LogP contribution in [0.4, 0.5) is 0 Å². The van der Waals surface area contributed by atoms with Gasteiger partial charge in [0.1, 0.15) is 12.9 Å². The molecule has 0 aliphatic carbocycles. The highest BCUT2D eigenvalue weighted by atomic mass is 15.3. The minimum absolute atomic E-state index is 0.274. The summed E-state index contributed by atoms with van der Waals surface area (Å²) in [6.07, 6.45) is 6.80. The number of aromatic nitrogens is 3. The van der Waals surface area contributed by atoms with Crippen LogP contribution in [0.15, 0.2) is 11.3 Å². The molecule has 0 aliphatic rings. The van der Waals surface area contributed by atoms with Gasteiger partial charge in [0.15, 0.2) is 11.8 Å². The lowest BCUT2D eigenvalue weighted by Crippen LogP contribution is -2.42. The number of hydrogen-bond donors (Lipinski definition) is 2. The quantitative estimate of drug-likeness (QED) is 0.418. The Morgan fingerprint density at radius 1 is 1.27 bits per heavy atom. The topological polar surface area (TPSA) is 67.1 Å². The van der Waals surface area contributed by atoms with Gasteiger partial charge >= 0.3 is 0 Å². The molecule has 22 heavy (non-hydrogen) atoms. The zero-order valence-corrected chi connectivity index (χ0v) is 14.8. The Balaban J connectivity index is 2.51. The molecule has 6 heteroatoms. The molecule has 0 radical (unpaired) electrons. The van der Waals surface area contributed by atoms with Crippen molar-refractivity contribution in [1.82, 2.24) is 25.4 Å². The van der Waals surface area contributed by atoms with E-state index in [9.17, 15) is 0 Å². The summed E-state index contributed by atoms with van der Waals surface area (Å²) < 4.78 is 1.89. The van der Waals surface area contributed by atoms with Crippen LogP contribution in [-0.2, 0) is 13.6 Å². The van der Waals surface area contributed by atoms with E-state index >= 15 is 0 Å². The maximum Gasteiger partial charge on any atom is 0.191 e. The number of guanidine groups is 1. The van der Waals surface area contributed by atoms with Gasteiger partial charge in [-0.05, 0) is 18.8 Å². The molecule has 1 rings (SSSR count). The van der Waals surface area contributed by atoms with Crippen molar-refractivity contribution in [3.05, 3.63) is 12.2 Å². The fourth-order valence-electron chi connectivity index (χ4n) is 2.21. The molecule has 1 aromatic heterocycles. The number of aryl methyl sites for hydroxylation is 1. The first-order chi connectivity index (χ1) is 10.5. The summed E-state index contributed by atoms with van der Waals surface area (Å²) in [6.45, 7) is 11.2. The molecule has 0 saturated heterocycles. The van der Waals surface area contributed by atoms with Gasteiger partial charge in [0, 0.05) is 20.1 Å². The Morgan fingerprint density at radius 3 is 2.64 bits per heavy atom. The molecular weight excluding hydrogens is 276 g/mol. The van der Waals surface area contributed by atoms with Crippen molar-refractivity contribution in [3.8, 4) is 0 Å². The van der Waals surface area contributed by atoms with E-state index in [0.29, 0.717) is 6.54 Å². The van der Waals surface area contributed by atoms with Crippen molar-refractivity contribution in [2.24, 2.45) is 17.5 Å². The SMILES string of the molecule is CCCCCC(C)(C)CNC(=NCc1nncn1C)NCC. The van der Waals surface area contributed by atoms with Crippen LogP contribution >= 0.6 is 0 Å². The smallest absolute Gasteiger partial charge is 0.191 e. The average Bonchev–Trinajstić information content (AvgIpc) is 2.87. The molecule has 0 aromatic carbocycles. The minimum Gasteiger partial charge on any atom is -0.357 e. The number of unbranched alkanes of at least 4 members (excludes halogenated alkanes) is 2. The molecule has 6 nitrogen and oxygen atoms in total. The van der Waals surface area contributed by atoms with E-state index in [0.717, 1.165) is 24.9 Å².